The van der Waals surface area contributed by atoms with E-state index in [2.05, 4.69) is 15.4 Å². The van der Waals surface area contributed by atoms with Crippen LogP contribution in [0.15, 0.2) is 54.6 Å². The molecule has 0 saturated heterocycles. The molecule has 0 aliphatic carbocycles. The highest BCUT2D eigenvalue weighted by Crippen LogP contribution is 2.20. The maximum absolute atomic E-state index is 6.03. The Hall–Kier alpha value is -2.24. The highest BCUT2D eigenvalue weighted by Gasteiger charge is 2.16. The summed E-state index contributed by atoms with van der Waals surface area (Å²) < 4.78 is 0. The van der Waals surface area contributed by atoms with Crippen LogP contribution in [0.1, 0.15) is 11.6 Å². The first-order valence-electron chi connectivity index (χ1n) is 6.58. The van der Waals surface area contributed by atoms with E-state index in [9.17, 15) is 0 Å². The van der Waals surface area contributed by atoms with Gasteiger partial charge in [0.2, 0.25) is 5.82 Å². The molecule has 106 valence electrons. The van der Waals surface area contributed by atoms with E-state index in [4.69, 9.17) is 17.3 Å². The summed E-state index contributed by atoms with van der Waals surface area (Å²) in [5, 5.41) is 13.3. The van der Waals surface area contributed by atoms with Gasteiger partial charge < -0.3 is 5.73 Å². The molecule has 3 aromatic rings. The van der Waals surface area contributed by atoms with E-state index < -0.39 is 0 Å². The molecule has 21 heavy (non-hydrogen) atoms. The fraction of sp³-hybridized carbons (Fsp3) is 0.133. The number of hydrogen-bond acceptors (Lipinski definition) is 4. The Morgan fingerprint density at radius 2 is 1.90 bits per heavy atom. The van der Waals surface area contributed by atoms with Crippen molar-refractivity contribution in [2.75, 3.05) is 6.54 Å². The zero-order chi connectivity index (χ0) is 14.7. The van der Waals surface area contributed by atoms with Crippen molar-refractivity contribution < 1.29 is 0 Å². The van der Waals surface area contributed by atoms with Crippen LogP contribution in [0.3, 0.4) is 0 Å². The van der Waals surface area contributed by atoms with Crippen LogP contribution >= 0.6 is 11.6 Å². The van der Waals surface area contributed by atoms with Crippen LogP contribution in [-0.4, -0.2) is 26.8 Å². The number of tetrazole rings is 1. The average molecular weight is 300 g/mol. The van der Waals surface area contributed by atoms with Crippen LogP contribution in [0.5, 0.6) is 0 Å². The van der Waals surface area contributed by atoms with E-state index in [0.29, 0.717) is 17.4 Å². The van der Waals surface area contributed by atoms with Gasteiger partial charge in [0.05, 0.1) is 0 Å². The van der Waals surface area contributed by atoms with Crippen molar-refractivity contribution in [2.45, 2.75) is 6.04 Å². The summed E-state index contributed by atoms with van der Waals surface area (Å²) in [6, 6.07) is 17.0. The molecule has 1 atom stereocenters. The molecule has 0 bridgehead atoms. The van der Waals surface area contributed by atoms with Crippen molar-refractivity contribution in [3.63, 3.8) is 0 Å². The number of nitrogens with two attached hydrogens (primary N) is 1. The van der Waals surface area contributed by atoms with E-state index in [1.165, 1.54) is 4.80 Å². The first-order valence-corrected chi connectivity index (χ1v) is 6.96. The van der Waals surface area contributed by atoms with E-state index in [-0.39, 0.29) is 6.04 Å². The third-order valence-electron chi connectivity index (χ3n) is 3.20. The highest BCUT2D eigenvalue weighted by molar-refractivity contribution is 6.30. The van der Waals surface area contributed by atoms with Gasteiger partial charge in [-0.2, -0.15) is 4.80 Å². The molecule has 1 aromatic heterocycles. The predicted molar refractivity (Wildman–Crippen MR) is 81.9 cm³/mol. The molecular formula is C15H14ClN5. The number of rotatable bonds is 4. The lowest BCUT2D eigenvalue weighted by Gasteiger charge is -2.13. The molecule has 5 nitrogen and oxygen atoms in total. The maximum atomic E-state index is 6.03. The van der Waals surface area contributed by atoms with Gasteiger partial charge in [0.25, 0.3) is 0 Å². The molecule has 0 amide bonds. The van der Waals surface area contributed by atoms with Gasteiger partial charge in [-0.05, 0) is 22.9 Å². The summed E-state index contributed by atoms with van der Waals surface area (Å²) in [6.07, 6.45) is 0. The highest BCUT2D eigenvalue weighted by atomic mass is 35.5. The first-order chi connectivity index (χ1) is 10.3. The molecule has 0 aliphatic rings. The number of benzene rings is 2. The molecule has 0 aliphatic heterocycles. The zero-order valence-corrected chi connectivity index (χ0v) is 12.0. The van der Waals surface area contributed by atoms with Crippen molar-refractivity contribution >= 4 is 11.6 Å². The minimum Gasteiger partial charge on any atom is -0.328 e. The summed E-state index contributed by atoms with van der Waals surface area (Å²) >= 11 is 6.03. The lowest BCUT2D eigenvalue weighted by molar-refractivity contribution is 0.458. The summed E-state index contributed by atoms with van der Waals surface area (Å²) in [6.45, 7) is 0.366. The Bertz CT molecular complexity index is 726. The molecule has 2 aromatic carbocycles. The van der Waals surface area contributed by atoms with Crippen molar-refractivity contribution in [1.82, 2.24) is 20.2 Å². The Balaban J connectivity index is 1.94. The minimum atomic E-state index is -0.186. The van der Waals surface area contributed by atoms with Gasteiger partial charge in [-0.15, -0.1) is 10.2 Å². The molecular weight excluding hydrogens is 286 g/mol. The van der Waals surface area contributed by atoms with Gasteiger partial charge in [0, 0.05) is 17.1 Å². The summed E-state index contributed by atoms with van der Waals surface area (Å²) in [5.74, 6) is 0.580. The summed E-state index contributed by atoms with van der Waals surface area (Å²) in [5.41, 5.74) is 7.75. The Morgan fingerprint density at radius 3 is 2.62 bits per heavy atom. The molecule has 1 heterocycles. The predicted octanol–water partition coefficient (Wildman–Crippen LogP) is 2.54. The Kier molecular flexibility index (Phi) is 3.94. The van der Waals surface area contributed by atoms with E-state index in [1.807, 2.05) is 54.6 Å². The van der Waals surface area contributed by atoms with Gasteiger partial charge in [0.15, 0.2) is 0 Å². The molecule has 0 fully saturated rings. The van der Waals surface area contributed by atoms with Gasteiger partial charge in [-0.25, -0.2) is 0 Å². The molecule has 0 saturated carbocycles. The van der Waals surface area contributed by atoms with Crippen molar-refractivity contribution in [3.05, 3.63) is 65.2 Å². The third kappa shape index (κ3) is 2.94. The van der Waals surface area contributed by atoms with Crippen LogP contribution in [0, 0.1) is 0 Å². The summed E-state index contributed by atoms with van der Waals surface area (Å²) in [4.78, 5) is 1.54. The van der Waals surface area contributed by atoms with E-state index in [0.717, 1.165) is 11.1 Å². The number of nitrogens with zero attached hydrogens (tertiary/aromatic N) is 4. The van der Waals surface area contributed by atoms with Gasteiger partial charge in [-0.3, -0.25) is 0 Å². The number of halogens is 1. The van der Waals surface area contributed by atoms with Crippen LogP contribution < -0.4 is 5.73 Å². The monoisotopic (exact) mass is 299 g/mol. The fourth-order valence-corrected chi connectivity index (χ4v) is 2.34. The Morgan fingerprint density at radius 1 is 1.10 bits per heavy atom. The zero-order valence-electron chi connectivity index (χ0n) is 11.2. The second kappa shape index (κ2) is 6.03. The standard InChI is InChI=1S/C15H14ClN5/c16-13-8-4-7-12(9-13)14(10-17)21-19-15(18-20-21)11-5-2-1-3-6-11/h1-9,14H,10,17H2. The van der Waals surface area contributed by atoms with Crippen LogP contribution in [0.2, 0.25) is 5.02 Å². The van der Waals surface area contributed by atoms with Crippen molar-refractivity contribution in [3.8, 4) is 11.4 Å². The van der Waals surface area contributed by atoms with Gasteiger partial charge in [0.1, 0.15) is 6.04 Å². The normalized spacial score (nSPS) is 12.3. The smallest absolute Gasteiger partial charge is 0.204 e. The van der Waals surface area contributed by atoms with Crippen LogP contribution in [0.4, 0.5) is 0 Å². The lowest BCUT2D eigenvalue weighted by Crippen LogP contribution is -2.22. The van der Waals surface area contributed by atoms with E-state index in [1.54, 1.807) is 0 Å². The van der Waals surface area contributed by atoms with Gasteiger partial charge in [-0.1, -0.05) is 54.1 Å². The Labute approximate surface area is 127 Å². The van der Waals surface area contributed by atoms with Crippen LogP contribution in [-0.2, 0) is 0 Å². The quantitative estimate of drug-likeness (QED) is 0.804. The SMILES string of the molecule is NCC(c1cccc(Cl)c1)n1nnc(-c2ccccc2)n1. The average Bonchev–Trinajstić information content (AvgIpc) is 2.99. The molecule has 3 rings (SSSR count). The molecule has 0 radical (unpaired) electrons. The fourth-order valence-electron chi connectivity index (χ4n) is 2.14. The second-order valence-corrected chi connectivity index (χ2v) is 5.04. The minimum absolute atomic E-state index is 0.186. The third-order valence-corrected chi connectivity index (χ3v) is 3.43. The molecule has 6 heteroatoms. The maximum Gasteiger partial charge on any atom is 0.204 e. The second-order valence-electron chi connectivity index (χ2n) is 4.61. The first kappa shape index (κ1) is 13.7. The molecule has 1 unspecified atom stereocenters. The lowest BCUT2D eigenvalue weighted by atomic mass is 10.1. The topological polar surface area (TPSA) is 69.6 Å². The number of aromatic nitrogens is 4. The largest absolute Gasteiger partial charge is 0.328 e. The van der Waals surface area contributed by atoms with E-state index >= 15 is 0 Å². The van der Waals surface area contributed by atoms with Crippen LogP contribution in [0.25, 0.3) is 11.4 Å². The van der Waals surface area contributed by atoms with Gasteiger partial charge >= 0.3 is 0 Å². The van der Waals surface area contributed by atoms with Crippen molar-refractivity contribution in [2.24, 2.45) is 5.73 Å². The molecule has 0 spiro atoms. The summed E-state index contributed by atoms with van der Waals surface area (Å²) in [7, 11) is 0. The van der Waals surface area contributed by atoms with Crippen molar-refractivity contribution in [1.29, 1.82) is 0 Å². The molecule has 2 N–H and O–H groups in total. The number of hydrogen-bond donors (Lipinski definition) is 1.